The van der Waals surface area contributed by atoms with Crippen LogP contribution in [0.1, 0.15) is 25.1 Å². The maximum Gasteiger partial charge on any atom is 0.164 e. The minimum absolute atomic E-state index is 0.311. The molecule has 1 aliphatic rings. The predicted octanol–water partition coefficient (Wildman–Crippen LogP) is 3.29. The molecule has 0 amide bonds. The summed E-state index contributed by atoms with van der Waals surface area (Å²) in [6.07, 6.45) is 1.86. The van der Waals surface area contributed by atoms with Crippen LogP contribution in [0.5, 0.6) is 0 Å². The van der Waals surface area contributed by atoms with Crippen LogP contribution in [0, 0.1) is 19.7 Å². The van der Waals surface area contributed by atoms with Gasteiger partial charge in [-0.05, 0) is 51.5 Å². The summed E-state index contributed by atoms with van der Waals surface area (Å²) in [6, 6.07) is 6.14. The average molecular weight is 408 g/mol. The Balaban J connectivity index is 1.49. The van der Waals surface area contributed by atoms with Gasteiger partial charge in [-0.15, -0.1) is 5.10 Å². The highest BCUT2D eigenvalue weighted by Crippen LogP contribution is 2.31. The summed E-state index contributed by atoms with van der Waals surface area (Å²) in [5, 5.41) is 18.9. The average Bonchev–Trinajstić information content (AvgIpc) is 3.24. The summed E-state index contributed by atoms with van der Waals surface area (Å²) >= 11 is 0. The third kappa shape index (κ3) is 3.24. The number of imidazole rings is 1. The van der Waals surface area contributed by atoms with Crippen molar-refractivity contribution < 1.29 is 4.39 Å². The smallest absolute Gasteiger partial charge is 0.164 e. The number of H-pyrrole nitrogens is 1. The molecule has 30 heavy (non-hydrogen) atoms. The van der Waals surface area contributed by atoms with Crippen LogP contribution >= 0.6 is 0 Å². The van der Waals surface area contributed by atoms with Gasteiger partial charge in [0.1, 0.15) is 5.82 Å². The first-order chi connectivity index (χ1) is 14.4. The Kier molecular flexibility index (Phi) is 4.35. The Labute approximate surface area is 173 Å². The zero-order valence-corrected chi connectivity index (χ0v) is 17.5. The molecule has 0 spiro atoms. The van der Waals surface area contributed by atoms with Gasteiger partial charge in [-0.3, -0.25) is 5.10 Å². The SMILES string of the molecule is Cc1cn2nc(Nc3n[nH]c4cc(N5C[C@@H](C)N[C@@H](C)C5)cc(F)c34)cc(C)c2n1. The molecule has 1 fully saturated rings. The molecule has 0 bridgehead atoms. The van der Waals surface area contributed by atoms with Crippen LogP contribution in [-0.4, -0.2) is 50.0 Å². The van der Waals surface area contributed by atoms with Gasteiger partial charge in [-0.25, -0.2) is 13.9 Å². The lowest BCUT2D eigenvalue weighted by Gasteiger charge is -2.37. The van der Waals surface area contributed by atoms with E-state index in [-0.39, 0.29) is 5.82 Å². The number of fused-ring (bicyclic) bond motifs is 2. The lowest BCUT2D eigenvalue weighted by atomic mass is 10.1. The lowest BCUT2D eigenvalue weighted by molar-refractivity contribution is 0.407. The van der Waals surface area contributed by atoms with E-state index in [2.05, 4.69) is 49.7 Å². The van der Waals surface area contributed by atoms with Gasteiger partial charge >= 0.3 is 0 Å². The molecule has 3 N–H and O–H groups in total. The molecular formula is C21H25FN8. The van der Waals surface area contributed by atoms with Crippen molar-refractivity contribution in [2.24, 2.45) is 0 Å². The van der Waals surface area contributed by atoms with E-state index in [1.54, 1.807) is 10.6 Å². The molecule has 4 heterocycles. The highest BCUT2D eigenvalue weighted by Gasteiger charge is 2.23. The van der Waals surface area contributed by atoms with Crippen LogP contribution in [-0.2, 0) is 0 Å². The summed E-state index contributed by atoms with van der Waals surface area (Å²) in [6.45, 7) is 9.85. The van der Waals surface area contributed by atoms with Crippen molar-refractivity contribution in [1.82, 2.24) is 30.1 Å². The molecule has 0 unspecified atom stereocenters. The van der Waals surface area contributed by atoms with Crippen LogP contribution in [0.3, 0.4) is 0 Å². The summed E-state index contributed by atoms with van der Waals surface area (Å²) in [5.74, 6) is 0.687. The molecule has 0 saturated carbocycles. The van der Waals surface area contributed by atoms with Crippen molar-refractivity contribution in [2.45, 2.75) is 39.8 Å². The van der Waals surface area contributed by atoms with Crippen LogP contribution in [0.2, 0.25) is 0 Å². The van der Waals surface area contributed by atoms with Gasteiger partial charge in [-0.1, -0.05) is 0 Å². The summed E-state index contributed by atoms with van der Waals surface area (Å²) in [5.41, 5.74) is 4.19. The number of aryl methyl sites for hydroxylation is 2. The Bertz CT molecular complexity index is 1230. The Hall–Kier alpha value is -3.20. The first-order valence-electron chi connectivity index (χ1n) is 10.2. The molecule has 8 nitrogen and oxygen atoms in total. The van der Waals surface area contributed by atoms with E-state index in [9.17, 15) is 0 Å². The Morgan fingerprint density at radius 3 is 2.67 bits per heavy atom. The quantitative estimate of drug-likeness (QED) is 0.482. The minimum Gasteiger partial charge on any atom is -0.368 e. The molecule has 1 saturated heterocycles. The largest absolute Gasteiger partial charge is 0.368 e. The Morgan fingerprint density at radius 1 is 1.13 bits per heavy atom. The highest BCUT2D eigenvalue weighted by molar-refractivity contribution is 5.93. The maximum absolute atomic E-state index is 15.2. The number of nitrogens with one attached hydrogen (secondary N) is 3. The second-order valence-corrected chi connectivity index (χ2v) is 8.28. The molecule has 1 aromatic carbocycles. The van der Waals surface area contributed by atoms with Gasteiger partial charge in [0.2, 0.25) is 0 Å². The highest BCUT2D eigenvalue weighted by atomic mass is 19.1. The summed E-state index contributed by atoms with van der Waals surface area (Å²) in [4.78, 5) is 6.67. The van der Waals surface area contributed by atoms with Gasteiger partial charge in [0.05, 0.1) is 22.8 Å². The minimum atomic E-state index is -0.311. The summed E-state index contributed by atoms with van der Waals surface area (Å²) in [7, 11) is 0. The third-order valence-corrected chi connectivity index (χ3v) is 5.50. The number of hydrogen-bond donors (Lipinski definition) is 3. The molecule has 1 aliphatic heterocycles. The van der Waals surface area contributed by atoms with E-state index in [4.69, 9.17) is 0 Å². The van der Waals surface area contributed by atoms with Crippen molar-refractivity contribution in [3.05, 3.63) is 41.5 Å². The number of aromatic amines is 1. The molecule has 9 heteroatoms. The fraction of sp³-hybridized carbons (Fsp3) is 0.381. The van der Waals surface area contributed by atoms with E-state index in [1.807, 2.05) is 32.2 Å². The van der Waals surface area contributed by atoms with E-state index < -0.39 is 0 Å². The second kappa shape index (κ2) is 6.94. The van der Waals surface area contributed by atoms with E-state index in [1.165, 1.54) is 0 Å². The first-order valence-corrected chi connectivity index (χ1v) is 10.2. The number of benzene rings is 1. The zero-order chi connectivity index (χ0) is 21.0. The number of halogens is 1. The number of nitrogens with zero attached hydrogens (tertiary/aromatic N) is 5. The van der Waals surface area contributed by atoms with Gasteiger partial charge in [0.15, 0.2) is 17.3 Å². The van der Waals surface area contributed by atoms with E-state index in [0.717, 1.165) is 35.7 Å². The number of piperazine rings is 1. The van der Waals surface area contributed by atoms with Crippen molar-refractivity contribution in [3.8, 4) is 0 Å². The number of rotatable bonds is 3. The van der Waals surface area contributed by atoms with Crippen LogP contribution in [0.15, 0.2) is 24.4 Å². The van der Waals surface area contributed by atoms with Crippen molar-refractivity contribution in [3.63, 3.8) is 0 Å². The third-order valence-electron chi connectivity index (χ3n) is 5.50. The number of hydrogen-bond acceptors (Lipinski definition) is 6. The molecular weight excluding hydrogens is 383 g/mol. The molecule has 4 aromatic rings. The zero-order valence-electron chi connectivity index (χ0n) is 17.5. The van der Waals surface area contributed by atoms with Crippen LogP contribution < -0.4 is 15.5 Å². The normalized spacial score (nSPS) is 19.7. The molecule has 5 rings (SSSR count). The predicted molar refractivity (Wildman–Crippen MR) is 116 cm³/mol. The Morgan fingerprint density at radius 2 is 1.90 bits per heavy atom. The molecule has 156 valence electrons. The summed E-state index contributed by atoms with van der Waals surface area (Å²) < 4.78 is 16.9. The van der Waals surface area contributed by atoms with Crippen molar-refractivity contribution in [2.75, 3.05) is 23.3 Å². The topological polar surface area (TPSA) is 86.2 Å². The fourth-order valence-corrected chi connectivity index (χ4v) is 4.33. The van der Waals surface area contributed by atoms with Gasteiger partial charge in [0, 0.05) is 30.9 Å². The molecule has 0 aliphatic carbocycles. The monoisotopic (exact) mass is 408 g/mol. The van der Waals surface area contributed by atoms with Crippen molar-refractivity contribution in [1.29, 1.82) is 0 Å². The van der Waals surface area contributed by atoms with Crippen molar-refractivity contribution >= 4 is 33.9 Å². The number of anilines is 3. The fourth-order valence-electron chi connectivity index (χ4n) is 4.33. The van der Waals surface area contributed by atoms with Gasteiger partial charge < -0.3 is 15.5 Å². The second-order valence-electron chi connectivity index (χ2n) is 8.28. The molecule has 3 aromatic heterocycles. The molecule has 0 radical (unpaired) electrons. The maximum atomic E-state index is 15.2. The first kappa shape index (κ1) is 18.8. The van der Waals surface area contributed by atoms with Crippen LogP contribution in [0.4, 0.5) is 21.7 Å². The van der Waals surface area contributed by atoms with Gasteiger partial charge in [-0.2, -0.15) is 5.10 Å². The lowest BCUT2D eigenvalue weighted by Crippen LogP contribution is -2.54. The number of aromatic nitrogens is 5. The van der Waals surface area contributed by atoms with Gasteiger partial charge in [0.25, 0.3) is 0 Å². The van der Waals surface area contributed by atoms with E-state index in [0.29, 0.717) is 34.6 Å². The standard InChI is InChI=1S/C21H25FN8/c1-11-5-18(28-30-10-14(4)24-21(11)30)25-20-19-16(22)6-15(7-17(19)26-27-20)29-8-12(2)23-13(3)9-29/h5-7,10,12-13,23H,8-9H2,1-4H3,(H2,25,26,27,28)/t12-,13+. The van der Waals surface area contributed by atoms with Crippen LogP contribution in [0.25, 0.3) is 16.6 Å². The van der Waals surface area contributed by atoms with E-state index >= 15 is 4.39 Å². The molecule has 2 atom stereocenters.